The largest absolute Gasteiger partial charge is 0.467 e. The van der Waals surface area contributed by atoms with E-state index in [1.807, 2.05) is 0 Å². The zero-order chi connectivity index (χ0) is 19.2. The first-order valence-electron chi connectivity index (χ1n) is 7.54. The summed E-state index contributed by atoms with van der Waals surface area (Å²) in [6, 6.07) is 9.51. The Bertz CT molecular complexity index is 777. The first-order chi connectivity index (χ1) is 12.2. The van der Waals surface area contributed by atoms with Crippen LogP contribution in [0.3, 0.4) is 0 Å². The van der Waals surface area contributed by atoms with Crippen molar-refractivity contribution in [1.29, 1.82) is 0 Å². The average Bonchev–Trinajstić information content (AvgIpc) is 2.58. The molecule has 0 aliphatic rings. The van der Waals surface area contributed by atoms with Gasteiger partial charge in [-0.15, -0.1) is 0 Å². The van der Waals surface area contributed by atoms with E-state index in [0.717, 1.165) is 5.56 Å². The van der Waals surface area contributed by atoms with E-state index in [1.54, 1.807) is 24.3 Å². The highest BCUT2D eigenvalue weighted by Gasteiger charge is 2.29. The van der Waals surface area contributed by atoms with Crippen LogP contribution in [-0.2, 0) is 11.3 Å². The Balaban J connectivity index is 1.98. The van der Waals surface area contributed by atoms with Gasteiger partial charge in [0.05, 0.1) is 0 Å². The Morgan fingerprint density at radius 1 is 1.15 bits per heavy atom. The summed E-state index contributed by atoms with van der Waals surface area (Å²) in [4.78, 5) is 26.8. The summed E-state index contributed by atoms with van der Waals surface area (Å²) in [6.07, 6.45) is -3.29. The predicted octanol–water partition coefficient (Wildman–Crippen LogP) is 2.91. The van der Waals surface area contributed by atoms with Gasteiger partial charge in [-0.3, -0.25) is 9.59 Å². The van der Waals surface area contributed by atoms with Gasteiger partial charge < -0.3 is 15.4 Å². The third-order valence-electron chi connectivity index (χ3n) is 3.12. The molecule has 0 saturated heterocycles. The summed E-state index contributed by atoms with van der Waals surface area (Å²) in [7, 11) is 0. The van der Waals surface area contributed by atoms with Gasteiger partial charge in [0, 0.05) is 25.4 Å². The molecule has 0 saturated carbocycles. The molecular weight excluding hydrogens is 351 g/mol. The Morgan fingerprint density at radius 2 is 1.85 bits per heavy atom. The van der Waals surface area contributed by atoms with E-state index in [-0.39, 0.29) is 23.9 Å². The Morgan fingerprint density at radius 3 is 2.46 bits per heavy atom. The molecule has 2 N–H and O–H groups in total. The maximum atomic E-state index is 12.3. The number of aromatic nitrogens is 1. The van der Waals surface area contributed by atoms with Crippen LogP contribution in [0.2, 0.25) is 0 Å². The molecule has 9 heteroatoms. The van der Waals surface area contributed by atoms with Crippen LogP contribution < -0.4 is 15.4 Å². The van der Waals surface area contributed by atoms with E-state index >= 15 is 0 Å². The Labute approximate surface area is 147 Å². The topological polar surface area (TPSA) is 80.3 Å². The van der Waals surface area contributed by atoms with Gasteiger partial charge in [0.25, 0.3) is 5.91 Å². The summed E-state index contributed by atoms with van der Waals surface area (Å²) in [5.41, 5.74) is 1.27. The first kappa shape index (κ1) is 19.2. The third kappa shape index (κ3) is 6.08. The van der Waals surface area contributed by atoms with Crippen LogP contribution >= 0.6 is 0 Å². The molecule has 2 aromatic rings. The average molecular weight is 367 g/mol. The highest BCUT2D eigenvalue weighted by molar-refractivity contribution is 5.96. The van der Waals surface area contributed by atoms with Gasteiger partial charge in [-0.25, -0.2) is 4.98 Å². The van der Waals surface area contributed by atoms with Gasteiger partial charge in [-0.2, -0.15) is 13.2 Å². The fourth-order valence-electron chi connectivity index (χ4n) is 2.02. The molecule has 0 spiro atoms. The molecule has 0 atom stereocenters. The SMILES string of the molecule is CC(=O)Nc1ccc(CNC(=O)c2cccnc2OCC(F)(F)F)cc1. The van der Waals surface area contributed by atoms with Crippen LogP contribution in [0.5, 0.6) is 5.88 Å². The minimum absolute atomic E-state index is 0.0911. The van der Waals surface area contributed by atoms with Crippen molar-refractivity contribution >= 4 is 17.5 Å². The van der Waals surface area contributed by atoms with E-state index in [0.29, 0.717) is 5.69 Å². The van der Waals surface area contributed by atoms with E-state index < -0.39 is 18.7 Å². The number of carbonyl (C=O) groups is 2. The van der Waals surface area contributed by atoms with Crippen molar-refractivity contribution in [2.75, 3.05) is 11.9 Å². The maximum absolute atomic E-state index is 12.3. The highest BCUT2D eigenvalue weighted by Crippen LogP contribution is 2.20. The summed E-state index contributed by atoms with van der Waals surface area (Å²) >= 11 is 0. The summed E-state index contributed by atoms with van der Waals surface area (Å²) in [6.45, 7) is 0.00215. The molecule has 0 unspecified atom stereocenters. The minimum atomic E-state index is -4.53. The van der Waals surface area contributed by atoms with Crippen molar-refractivity contribution in [3.8, 4) is 5.88 Å². The third-order valence-corrected chi connectivity index (χ3v) is 3.12. The molecule has 1 aromatic heterocycles. The number of carbonyl (C=O) groups excluding carboxylic acids is 2. The minimum Gasteiger partial charge on any atom is -0.467 e. The molecule has 26 heavy (non-hydrogen) atoms. The standard InChI is InChI=1S/C17H16F3N3O3/c1-11(24)23-13-6-4-12(5-7-13)9-22-15(25)14-3-2-8-21-16(14)26-10-17(18,19)20/h2-8H,9-10H2,1H3,(H,22,25)(H,23,24). The number of pyridine rings is 1. The second-order valence-electron chi connectivity index (χ2n) is 5.32. The fourth-order valence-corrected chi connectivity index (χ4v) is 2.02. The van der Waals surface area contributed by atoms with Crippen LogP contribution in [0.15, 0.2) is 42.6 Å². The number of anilines is 1. The van der Waals surface area contributed by atoms with Crippen molar-refractivity contribution in [3.63, 3.8) is 0 Å². The fraction of sp³-hybridized carbons (Fsp3) is 0.235. The molecule has 138 valence electrons. The molecule has 1 heterocycles. The van der Waals surface area contributed by atoms with E-state index in [1.165, 1.54) is 25.3 Å². The second-order valence-corrected chi connectivity index (χ2v) is 5.32. The quantitative estimate of drug-likeness (QED) is 0.823. The summed E-state index contributed by atoms with van der Waals surface area (Å²) < 4.78 is 41.4. The molecule has 6 nitrogen and oxygen atoms in total. The van der Waals surface area contributed by atoms with Gasteiger partial charge in [-0.1, -0.05) is 12.1 Å². The number of nitrogens with one attached hydrogen (secondary N) is 2. The van der Waals surface area contributed by atoms with Crippen molar-refractivity contribution in [2.45, 2.75) is 19.6 Å². The number of ether oxygens (including phenoxy) is 1. The van der Waals surface area contributed by atoms with Crippen LogP contribution in [0.4, 0.5) is 18.9 Å². The Kier molecular flexibility index (Phi) is 6.16. The van der Waals surface area contributed by atoms with Gasteiger partial charge in [0.1, 0.15) is 5.56 Å². The first-order valence-corrected chi connectivity index (χ1v) is 7.54. The van der Waals surface area contributed by atoms with Gasteiger partial charge >= 0.3 is 6.18 Å². The maximum Gasteiger partial charge on any atom is 0.422 e. The molecule has 2 amide bonds. The van der Waals surface area contributed by atoms with Crippen molar-refractivity contribution < 1.29 is 27.5 Å². The molecule has 2 rings (SSSR count). The molecule has 0 radical (unpaired) electrons. The number of hydrogen-bond donors (Lipinski definition) is 2. The lowest BCUT2D eigenvalue weighted by molar-refractivity contribution is -0.154. The van der Waals surface area contributed by atoms with Gasteiger partial charge in [0.2, 0.25) is 11.8 Å². The lowest BCUT2D eigenvalue weighted by Gasteiger charge is -2.12. The molecule has 1 aromatic carbocycles. The van der Waals surface area contributed by atoms with E-state index in [4.69, 9.17) is 0 Å². The monoisotopic (exact) mass is 367 g/mol. The summed E-state index contributed by atoms with van der Waals surface area (Å²) in [5.74, 6) is -1.20. The number of nitrogens with zero attached hydrogens (tertiary/aromatic N) is 1. The molecule has 0 fully saturated rings. The smallest absolute Gasteiger partial charge is 0.422 e. The van der Waals surface area contributed by atoms with E-state index in [2.05, 4.69) is 20.4 Å². The number of hydrogen-bond acceptors (Lipinski definition) is 4. The molecule has 0 aliphatic carbocycles. The van der Waals surface area contributed by atoms with Crippen molar-refractivity contribution in [3.05, 3.63) is 53.7 Å². The summed E-state index contributed by atoms with van der Waals surface area (Å²) in [5, 5.41) is 5.20. The Hall–Kier alpha value is -3.10. The number of amides is 2. The van der Waals surface area contributed by atoms with E-state index in [9.17, 15) is 22.8 Å². The van der Waals surface area contributed by atoms with Gasteiger partial charge in [0.15, 0.2) is 6.61 Å². The molecule has 0 aliphatic heterocycles. The van der Waals surface area contributed by atoms with Gasteiger partial charge in [-0.05, 0) is 29.8 Å². The van der Waals surface area contributed by atoms with Crippen LogP contribution in [-0.4, -0.2) is 29.6 Å². The van der Waals surface area contributed by atoms with Crippen LogP contribution in [0.1, 0.15) is 22.8 Å². The second kappa shape index (κ2) is 8.32. The highest BCUT2D eigenvalue weighted by atomic mass is 19.4. The number of rotatable bonds is 6. The molecular formula is C17H16F3N3O3. The van der Waals surface area contributed by atoms with Crippen molar-refractivity contribution in [1.82, 2.24) is 10.3 Å². The van der Waals surface area contributed by atoms with Crippen LogP contribution in [0.25, 0.3) is 0 Å². The number of benzene rings is 1. The van der Waals surface area contributed by atoms with Crippen LogP contribution in [0, 0.1) is 0 Å². The predicted molar refractivity (Wildman–Crippen MR) is 87.7 cm³/mol. The molecule has 0 bridgehead atoms. The zero-order valence-electron chi connectivity index (χ0n) is 13.8. The lowest BCUT2D eigenvalue weighted by Crippen LogP contribution is -2.25. The number of alkyl halides is 3. The normalized spacial score (nSPS) is 10.9. The van der Waals surface area contributed by atoms with Crippen molar-refractivity contribution in [2.24, 2.45) is 0 Å². The zero-order valence-corrected chi connectivity index (χ0v) is 13.8. The number of halogens is 3. The lowest BCUT2D eigenvalue weighted by atomic mass is 10.2.